The van der Waals surface area contributed by atoms with E-state index in [0.717, 1.165) is 64.2 Å². The van der Waals surface area contributed by atoms with Gasteiger partial charge in [0.1, 0.15) is 12.7 Å². The third kappa shape index (κ3) is 39.2. The van der Waals surface area contributed by atoms with Crippen molar-refractivity contribution in [3.05, 3.63) is 24.3 Å². The van der Waals surface area contributed by atoms with Gasteiger partial charge in [-0.1, -0.05) is 147 Å². The van der Waals surface area contributed by atoms with Gasteiger partial charge in [-0.15, -0.1) is 0 Å². The van der Waals surface area contributed by atoms with E-state index in [1.54, 1.807) is 0 Å². The van der Waals surface area contributed by atoms with E-state index in [9.17, 15) is 24.2 Å². The molecule has 0 radical (unpaired) electrons. The minimum absolute atomic E-state index is 0. The van der Waals surface area contributed by atoms with Crippen LogP contribution in [0.3, 0.4) is 0 Å². The zero-order chi connectivity index (χ0) is 37.7. The SMILES string of the molecule is CCCCC/C=C/C/C=C/CCCCCCCC(=O)O[C@H](COC(=O)CCCCCCCCCCCCCCC)COP(=O)([O-])OCC(O)CO.[Na+]. The van der Waals surface area contributed by atoms with Crippen molar-refractivity contribution in [1.29, 1.82) is 0 Å². The Morgan fingerprint density at radius 1 is 0.615 bits per heavy atom. The largest absolute Gasteiger partial charge is 1.00 e. The van der Waals surface area contributed by atoms with Gasteiger partial charge < -0.3 is 33.6 Å². The maximum absolute atomic E-state index is 12.5. The first-order chi connectivity index (χ1) is 24.7. The third-order valence-corrected chi connectivity index (χ3v) is 9.53. The summed E-state index contributed by atoms with van der Waals surface area (Å²) in [6.07, 6.45) is 34.0. The van der Waals surface area contributed by atoms with E-state index < -0.39 is 51.8 Å². The normalized spacial score (nSPS) is 13.9. The minimum atomic E-state index is -4.86. The Morgan fingerprint density at radius 2 is 1.04 bits per heavy atom. The van der Waals surface area contributed by atoms with E-state index >= 15 is 0 Å². The third-order valence-electron chi connectivity index (χ3n) is 8.60. The van der Waals surface area contributed by atoms with Gasteiger partial charge in [0.2, 0.25) is 0 Å². The van der Waals surface area contributed by atoms with Gasteiger partial charge in [0.15, 0.2) is 6.10 Å². The minimum Gasteiger partial charge on any atom is -0.756 e. The second-order valence-corrected chi connectivity index (χ2v) is 15.1. The van der Waals surface area contributed by atoms with Crippen molar-refractivity contribution in [3.63, 3.8) is 0 Å². The summed E-state index contributed by atoms with van der Waals surface area (Å²) >= 11 is 0. The van der Waals surface area contributed by atoms with Gasteiger partial charge in [-0.2, -0.15) is 0 Å². The molecule has 2 unspecified atom stereocenters. The standard InChI is InChI=1S/C40H75O10P.Na/c1-3-5-7-9-11-13-15-17-18-20-22-24-26-28-30-32-40(44)50-38(36-49-51(45,46)48-34-37(42)33-41)35-47-39(43)31-29-27-25-23-21-19-16-14-12-10-8-6-4-2;/h11,13,17-18,37-38,41-42H,3-10,12,14-16,19-36H2,1-2H3,(H,45,46);/q;+1/p-1/b13-11+,18-17+;/t37?,38-;/m1./s1. The first kappa shape index (κ1) is 53.6. The number of carbonyl (C=O) groups excluding carboxylic acids is 2. The number of phosphoric acid groups is 1. The van der Waals surface area contributed by atoms with Gasteiger partial charge in [0.05, 0.1) is 19.8 Å². The molecule has 0 aliphatic heterocycles. The summed E-state index contributed by atoms with van der Waals surface area (Å²) in [5.74, 6) is -0.973. The van der Waals surface area contributed by atoms with E-state index in [1.807, 2.05) is 0 Å². The summed E-state index contributed by atoms with van der Waals surface area (Å²) in [6, 6.07) is 0. The van der Waals surface area contributed by atoms with Gasteiger partial charge in [-0.3, -0.25) is 14.2 Å². The average molecular weight is 769 g/mol. The van der Waals surface area contributed by atoms with Crippen molar-refractivity contribution < 1.29 is 77.3 Å². The van der Waals surface area contributed by atoms with Crippen molar-refractivity contribution in [1.82, 2.24) is 0 Å². The fourth-order valence-corrected chi connectivity index (χ4v) is 6.21. The number of aliphatic hydroxyl groups excluding tert-OH is 2. The predicted molar refractivity (Wildman–Crippen MR) is 203 cm³/mol. The van der Waals surface area contributed by atoms with E-state index in [1.165, 1.54) is 77.0 Å². The summed E-state index contributed by atoms with van der Waals surface area (Å²) in [5, 5.41) is 18.2. The van der Waals surface area contributed by atoms with Crippen LogP contribution in [0.1, 0.15) is 181 Å². The molecule has 3 atom stereocenters. The molecule has 0 bridgehead atoms. The zero-order valence-electron chi connectivity index (χ0n) is 33.3. The van der Waals surface area contributed by atoms with Crippen LogP contribution in [0.15, 0.2) is 24.3 Å². The van der Waals surface area contributed by atoms with Crippen LogP contribution in [0.5, 0.6) is 0 Å². The van der Waals surface area contributed by atoms with Gasteiger partial charge in [0.25, 0.3) is 7.82 Å². The quantitative estimate of drug-likeness (QED) is 0.0231. The van der Waals surface area contributed by atoms with Crippen LogP contribution >= 0.6 is 7.82 Å². The Hall–Kier alpha value is -0.550. The molecule has 0 heterocycles. The molecule has 2 N–H and O–H groups in total. The van der Waals surface area contributed by atoms with Crippen molar-refractivity contribution in [2.75, 3.05) is 26.4 Å². The number of unbranched alkanes of at least 4 members (excludes halogenated alkanes) is 20. The smallest absolute Gasteiger partial charge is 0.756 e. The summed E-state index contributed by atoms with van der Waals surface area (Å²) < 4.78 is 32.2. The monoisotopic (exact) mass is 768 g/mol. The molecule has 0 aliphatic rings. The number of phosphoric ester groups is 1. The van der Waals surface area contributed by atoms with Crippen molar-refractivity contribution in [3.8, 4) is 0 Å². The Morgan fingerprint density at radius 3 is 1.56 bits per heavy atom. The molecule has 52 heavy (non-hydrogen) atoms. The van der Waals surface area contributed by atoms with E-state index in [4.69, 9.17) is 19.1 Å². The molecular formula is C40H74NaO10P. The molecule has 0 aromatic rings. The topological polar surface area (TPSA) is 152 Å². The maximum Gasteiger partial charge on any atom is 1.00 e. The van der Waals surface area contributed by atoms with Gasteiger partial charge >= 0.3 is 41.5 Å². The molecule has 0 aromatic heterocycles. The molecule has 0 saturated heterocycles. The van der Waals surface area contributed by atoms with Crippen LogP contribution in [0.2, 0.25) is 0 Å². The number of carbonyl (C=O) groups is 2. The van der Waals surface area contributed by atoms with Crippen molar-refractivity contribution in [2.24, 2.45) is 0 Å². The predicted octanol–water partition coefficient (Wildman–Crippen LogP) is 6.60. The average Bonchev–Trinajstić information content (AvgIpc) is 3.12. The molecule has 0 rings (SSSR count). The number of aliphatic hydroxyl groups is 2. The number of allylic oxidation sites excluding steroid dienone is 4. The van der Waals surface area contributed by atoms with Gasteiger partial charge in [-0.25, -0.2) is 0 Å². The van der Waals surface area contributed by atoms with E-state index in [-0.39, 0.29) is 49.0 Å². The second kappa shape index (κ2) is 40.1. The molecule has 0 aliphatic carbocycles. The number of esters is 2. The maximum atomic E-state index is 12.5. The Labute approximate surface area is 339 Å². The first-order valence-electron chi connectivity index (χ1n) is 20.3. The first-order valence-corrected chi connectivity index (χ1v) is 21.7. The molecule has 0 aromatic carbocycles. The molecule has 300 valence electrons. The van der Waals surface area contributed by atoms with Crippen LogP contribution in [0, 0.1) is 0 Å². The summed E-state index contributed by atoms with van der Waals surface area (Å²) in [4.78, 5) is 37.0. The van der Waals surface area contributed by atoms with Crippen LogP contribution < -0.4 is 34.5 Å². The molecule has 0 amide bonds. The summed E-state index contributed by atoms with van der Waals surface area (Å²) in [5.41, 5.74) is 0. The molecule has 0 fully saturated rings. The molecule has 0 saturated carbocycles. The Balaban J connectivity index is 0. The van der Waals surface area contributed by atoms with Gasteiger partial charge in [-0.05, 0) is 44.9 Å². The zero-order valence-corrected chi connectivity index (χ0v) is 36.2. The summed E-state index contributed by atoms with van der Waals surface area (Å²) in [6.45, 7) is 2.15. The van der Waals surface area contributed by atoms with E-state index in [2.05, 4.69) is 42.7 Å². The Kier molecular flexibility index (Phi) is 41.3. The molecule has 10 nitrogen and oxygen atoms in total. The summed E-state index contributed by atoms with van der Waals surface area (Å²) in [7, 11) is -4.86. The fraction of sp³-hybridized carbons (Fsp3) is 0.850. The molecule has 0 spiro atoms. The van der Waals surface area contributed by atoms with Crippen LogP contribution in [0.25, 0.3) is 0 Å². The second-order valence-electron chi connectivity index (χ2n) is 13.6. The van der Waals surface area contributed by atoms with Crippen LogP contribution in [-0.4, -0.2) is 60.8 Å². The van der Waals surface area contributed by atoms with Crippen LogP contribution in [0.4, 0.5) is 0 Å². The fourth-order valence-electron chi connectivity index (χ4n) is 5.43. The van der Waals surface area contributed by atoms with Crippen molar-refractivity contribution >= 4 is 19.8 Å². The number of hydrogen-bond acceptors (Lipinski definition) is 10. The number of rotatable bonds is 38. The number of hydrogen-bond donors (Lipinski definition) is 2. The Bertz CT molecular complexity index is 917. The van der Waals surface area contributed by atoms with Crippen LogP contribution in [-0.2, 0) is 32.7 Å². The van der Waals surface area contributed by atoms with Gasteiger partial charge in [0, 0.05) is 12.8 Å². The van der Waals surface area contributed by atoms with E-state index in [0.29, 0.717) is 12.8 Å². The number of ether oxygens (including phenoxy) is 2. The van der Waals surface area contributed by atoms with Crippen molar-refractivity contribution in [2.45, 2.75) is 193 Å². The molecule has 12 heteroatoms. The molecular weight excluding hydrogens is 694 g/mol.